The molecule has 1 unspecified atom stereocenters. The smallest absolute Gasteiger partial charge is 0.281 e. The lowest BCUT2D eigenvalue weighted by Gasteiger charge is -2.53. The molecule has 9 nitrogen and oxygen atoms in total. The van der Waals surface area contributed by atoms with E-state index in [9.17, 15) is 9.00 Å². The Hall–Kier alpha value is -2.63. The highest BCUT2D eigenvalue weighted by Crippen LogP contribution is 2.49. The van der Waals surface area contributed by atoms with E-state index in [4.69, 9.17) is 26.1 Å². The van der Waals surface area contributed by atoms with Gasteiger partial charge in [-0.05, 0) is 124 Å². The second-order valence-electron chi connectivity index (χ2n) is 17.1. The number of aromatic nitrogens is 1. The Morgan fingerprint density at radius 2 is 1.96 bits per heavy atom. The first kappa shape index (κ1) is 37.3. The maximum absolute atomic E-state index is 14.1. The Bertz CT molecular complexity index is 1840. The van der Waals surface area contributed by atoms with E-state index < -0.39 is 21.2 Å². The van der Waals surface area contributed by atoms with Crippen molar-refractivity contribution in [2.24, 2.45) is 17.8 Å². The highest BCUT2D eigenvalue weighted by molar-refractivity contribution is 7.99. The number of piperazine rings is 1. The van der Waals surface area contributed by atoms with Crippen LogP contribution in [-0.4, -0.2) is 107 Å². The number of anilines is 1. The lowest BCUT2D eigenvalue weighted by Crippen LogP contribution is -2.61. The number of carbonyl (C=O) groups is 1. The zero-order valence-electron chi connectivity index (χ0n) is 31.9. The minimum Gasteiger partial charge on any atom is -0.489 e. The molecule has 1 spiro atoms. The van der Waals surface area contributed by atoms with Gasteiger partial charge in [-0.25, -0.2) is 9.19 Å². The van der Waals surface area contributed by atoms with E-state index in [2.05, 4.69) is 56.5 Å². The zero-order chi connectivity index (χ0) is 37.0. The molecule has 11 heteroatoms. The maximum atomic E-state index is 14.1. The van der Waals surface area contributed by atoms with Crippen molar-refractivity contribution >= 4 is 38.9 Å². The van der Waals surface area contributed by atoms with Crippen molar-refractivity contribution in [2.45, 2.75) is 93.9 Å². The number of benzene rings is 1. The van der Waals surface area contributed by atoms with E-state index in [0.717, 1.165) is 82.8 Å². The largest absolute Gasteiger partial charge is 0.489 e. The van der Waals surface area contributed by atoms with Crippen LogP contribution in [0, 0.1) is 17.8 Å². The first-order valence-corrected chi connectivity index (χ1v) is 22.2. The summed E-state index contributed by atoms with van der Waals surface area (Å²) < 4.78 is 30.3. The molecule has 2 bridgehead atoms. The summed E-state index contributed by atoms with van der Waals surface area (Å²) >= 11 is 6.52. The van der Waals surface area contributed by atoms with Crippen molar-refractivity contribution in [3.8, 4) is 5.75 Å². The van der Waals surface area contributed by atoms with Gasteiger partial charge in [0.2, 0.25) is 0 Å². The van der Waals surface area contributed by atoms with Gasteiger partial charge in [0.15, 0.2) is 11.6 Å². The zero-order valence-corrected chi connectivity index (χ0v) is 33.4. The van der Waals surface area contributed by atoms with Crippen LogP contribution >= 0.6 is 11.6 Å². The van der Waals surface area contributed by atoms with E-state index in [-0.39, 0.29) is 22.3 Å². The number of carbonyl (C=O) groups excluding carboxylic acids is 1. The van der Waals surface area contributed by atoms with Crippen LogP contribution < -0.4 is 14.4 Å². The van der Waals surface area contributed by atoms with Gasteiger partial charge in [-0.2, -0.15) is 0 Å². The SMILES string of the molecule is C=S1(=O)NC(=O)c2ccc3c(n2)N(C[C@@H]2CC[C@H]2[C@](CN2CCN4CCCC[C@@H]4C2)(OC)/C=C/C[C@H](C)[C@H]1C)C[C@@]1(CCCc2cc(Cl)ccc21)CO3. The van der Waals surface area contributed by atoms with Gasteiger partial charge in [-0.3, -0.25) is 19.3 Å². The number of aryl methyl sites for hydroxylation is 1. The van der Waals surface area contributed by atoms with Crippen LogP contribution in [-0.2, 0) is 26.3 Å². The number of fused-ring (bicyclic) bond motifs is 5. The predicted octanol–water partition coefficient (Wildman–Crippen LogP) is 6.14. The second kappa shape index (κ2) is 14.8. The fourth-order valence-electron chi connectivity index (χ4n) is 10.5. The molecular weight excluding hydrogens is 706 g/mol. The van der Waals surface area contributed by atoms with Crippen molar-refractivity contribution in [3.63, 3.8) is 0 Å². The molecule has 6 aliphatic rings. The van der Waals surface area contributed by atoms with Crippen molar-refractivity contribution < 1.29 is 18.5 Å². The number of halogens is 1. The minimum absolute atomic E-state index is 0.0234. The standard InChI is InChI=1S/C42H58ClN5O4S/c1-29-9-7-19-42(51-3,27-46-21-22-47-20-6-5-11-34(47)25-46)36-14-12-32(36)24-48-26-41(18-8-10-31-23-33(43)13-15-35(31)41)28-52-38-17-16-37(44-39(38)48)40(49)45-53(4,50)30(29)2/h7,13,15-17,19,23,29-30,32,34,36H,4-6,8-12,14,18,20-22,24-28H2,1-3H3,(H,45,49,50)/b19-7+/t29-,30+,32-,34+,36+,41-,42-,53?/m0/s1. The Labute approximate surface area is 321 Å². The first-order valence-electron chi connectivity index (χ1n) is 20.0. The maximum Gasteiger partial charge on any atom is 0.281 e. The lowest BCUT2D eigenvalue weighted by molar-refractivity contribution is -0.100. The van der Waals surface area contributed by atoms with Gasteiger partial charge in [-0.1, -0.05) is 43.2 Å². The van der Waals surface area contributed by atoms with Gasteiger partial charge in [0.25, 0.3) is 5.91 Å². The number of allylic oxidation sites excluding steroid dienone is 1. The summed E-state index contributed by atoms with van der Waals surface area (Å²) in [5.74, 6) is 5.63. The molecule has 2 aromatic rings. The number of pyridine rings is 1. The van der Waals surface area contributed by atoms with Crippen LogP contribution in [0.1, 0.15) is 86.8 Å². The third kappa shape index (κ3) is 7.16. The van der Waals surface area contributed by atoms with E-state index in [1.807, 2.05) is 26.2 Å². The Morgan fingerprint density at radius 3 is 2.77 bits per heavy atom. The number of rotatable bonds is 3. The van der Waals surface area contributed by atoms with E-state index >= 15 is 0 Å². The molecule has 1 saturated carbocycles. The molecule has 2 saturated heterocycles. The summed E-state index contributed by atoms with van der Waals surface area (Å²) in [6, 6.07) is 10.5. The van der Waals surface area contributed by atoms with Crippen LogP contribution in [0.2, 0.25) is 5.02 Å². The lowest BCUT2D eigenvalue weighted by atomic mass is 9.63. The molecule has 5 heterocycles. The minimum atomic E-state index is -2.99. The fraction of sp³-hybridized carbons (Fsp3) is 0.643. The molecule has 8 atom stereocenters. The van der Waals surface area contributed by atoms with Gasteiger partial charge in [0.1, 0.15) is 11.3 Å². The van der Waals surface area contributed by atoms with Gasteiger partial charge in [-0.15, -0.1) is 0 Å². The van der Waals surface area contributed by atoms with Crippen LogP contribution in [0.25, 0.3) is 0 Å². The van der Waals surface area contributed by atoms with Crippen molar-refractivity contribution in [1.29, 1.82) is 0 Å². The summed E-state index contributed by atoms with van der Waals surface area (Å²) in [5, 5.41) is 0.412. The summed E-state index contributed by atoms with van der Waals surface area (Å²) in [6.07, 6.45) is 14.5. The first-order chi connectivity index (χ1) is 25.5. The van der Waals surface area contributed by atoms with E-state index in [1.165, 1.54) is 36.9 Å². The topological polar surface area (TPSA) is 87.2 Å². The van der Waals surface area contributed by atoms with Gasteiger partial charge < -0.3 is 14.4 Å². The number of ether oxygens (including phenoxy) is 2. The molecule has 4 aliphatic heterocycles. The molecule has 288 valence electrons. The Morgan fingerprint density at radius 1 is 1.09 bits per heavy atom. The Kier molecular flexibility index (Phi) is 10.4. The number of hydrogen-bond donors (Lipinski definition) is 1. The van der Waals surface area contributed by atoms with Crippen LogP contribution in [0.3, 0.4) is 0 Å². The monoisotopic (exact) mass is 763 g/mol. The molecule has 3 fully saturated rings. The highest BCUT2D eigenvalue weighted by Gasteiger charge is 2.50. The molecule has 8 rings (SSSR count). The van der Waals surface area contributed by atoms with Crippen molar-refractivity contribution in [3.05, 3.63) is 64.3 Å². The number of amides is 1. The van der Waals surface area contributed by atoms with Crippen LogP contribution in [0.5, 0.6) is 5.75 Å². The predicted molar refractivity (Wildman–Crippen MR) is 215 cm³/mol. The molecule has 2 aliphatic carbocycles. The van der Waals surface area contributed by atoms with Gasteiger partial charge in [0, 0.05) is 68.1 Å². The molecule has 1 aromatic heterocycles. The number of methoxy groups -OCH3 is 1. The average Bonchev–Trinajstić information content (AvgIpc) is 3.28. The molecule has 1 N–H and O–H groups in total. The van der Waals surface area contributed by atoms with Gasteiger partial charge >= 0.3 is 0 Å². The third-order valence-corrected chi connectivity index (χ3v) is 16.4. The normalized spacial score (nSPS) is 37.2. The molecular formula is C42H58ClN5O4S. The third-order valence-electron chi connectivity index (χ3n) is 14.0. The number of piperidine rings is 1. The van der Waals surface area contributed by atoms with Gasteiger partial charge in [0.05, 0.1) is 16.3 Å². The summed E-state index contributed by atoms with van der Waals surface area (Å²) in [7, 11) is -1.08. The summed E-state index contributed by atoms with van der Waals surface area (Å²) in [6.45, 7) is 11.4. The van der Waals surface area contributed by atoms with Crippen molar-refractivity contribution in [2.75, 3.05) is 64.4 Å². The number of hydrogen-bond acceptors (Lipinski definition) is 8. The Balaban J connectivity index is 1.19. The average molecular weight is 764 g/mol. The fourth-order valence-corrected chi connectivity index (χ4v) is 12.1. The molecule has 0 radical (unpaired) electrons. The number of nitrogens with zero attached hydrogens (tertiary/aromatic N) is 4. The summed E-state index contributed by atoms with van der Waals surface area (Å²) in [5.41, 5.74) is 2.09. The summed E-state index contributed by atoms with van der Waals surface area (Å²) in [4.78, 5) is 26.6. The van der Waals surface area contributed by atoms with E-state index in [1.54, 1.807) is 6.07 Å². The highest BCUT2D eigenvalue weighted by atomic mass is 35.5. The molecule has 1 aromatic carbocycles. The van der Waals surface area contributed by atoms with Crippen molar-refractivity contribution in [1.82, 2.24) is 19.5 Å². The molecule has 1 amide bonds. The van der Waals surface area contributed by atoms with E-state index in [0.29, 0.717) is 36.1 Å². The number of nitrogens with one attached hydrogen (secondary N) is 1. The van der Waals surface area contributed by atoms with Crippen LogP contribution in [0.15, 0.2) is 42.5 Å². The van der Waals surface area contributed by atoms with Crippen LogP contribution in [0.4, 0.5) is 5.82 Å². The molecule has 53 heavy (non-hydrogen) atoms. The quantitative estimate of drug-likeness (QED) is 0.295. The second-order valence-corrected chi connectivity index (χ2v) is 20.0.